The number of rotatable bonds is 2. The molecule has 1 aliphatic heterocycles. The molecule has 20 heavy (non-hydrogen) atoms. The summed E-state index contributed by atoms with van der Waals surface area (Å²) in [6.45, 7) is 6.71. The van der Waals surface area contributed by atoms with Crippen LogP contribution in [0.5, 0.6) is 0 Å². The van der Waals surface area contributed by atoms with Crippen LogP contribution in [0.2, 0.25) is 0 Å². The zero-order valence-electron chi connectivity index (χ0n) is 12.4. The smallest absolute Gasteiger partial charge is 0.00431 e. The van der Waals surface area contributed by atoms with E-state index in [1.54, 1.807) is 5.56 Å². The van der Waals surface area contributed by atoms with Crippen molar-refractivity contribution < 1.29 is 0 Å². The lowest BCUT2D eigenvalue weighted by atomic mass is 9.86. The zero-order valence-corrected chi connectivity index (χ0v) is 12.4. The molecule has 1 nitrogen and oxygen atoms in total. The van der Waals surface area contributed by atoms with Crippen molar-refractivity contribution in [2.45, 2.75) is 32.6 Å². The second kappa shape index (κ2) is 5.80. The molecule has 0 aromatic heterocycles. The number of benzene rings is 2. The Labute approximate surface area is 122 Å². The molecule has 0 amide bonds. The largest absolute Gasteiger partial charge is 0.317 e. The lowest BCUT2D eigenvalue weighted by Crippen LogP contribution is -2.26. The van der Waals surface area contributed by atoms with Crippen LogP contribution < -0.4 is 5.32 Å². The van der Waals surface area contributed by atoms with Crippen LogP contribution in [0.25, 0.3) is 11.1 Å². The van der Waals surface area contributed by atoms with Gasteiger partial charge in [0.1, 0.15) is 0 Å². The van der Waals surface area contributed by atoms with Crippen LogP contribution in [0.3, 0.4) is 0 Å². The van der Waals surface area contributed by atoms with Gasteiger partial charge in [0.2, 0.25) is 0 Å². The van der Waals surface area contributed by atoms with E-state index in [2.05, 4.69) is 61.6 Å². The minimum atomic E-state index is 0.739. The number of aryl methyl sites for hydroxylation is 2. The number of nitrogens with one attached hydrogen (secondary N) is 1. The van der Waals surface area contributed by atoms with E-state index in [0.29, 0.717) is 0 Å². The highest BCUT2D eigenvalue weighted by Gasteiger charge is 2.17. The van der Waals surface area contributed by atoms with Gasteiger partial charge in [-0.15, -0.1) is 0 Å². The highest BCUT2D eigenvalue weighted by atomic mass is 14.9. The Kier molecular flexibility index (Phi) is 3.88. The first kappa shape index (κ1) is 13.4. The van der Waals surface area contributed by atoms with Crippen LogP contribution in [0, 0.1) is 13.8 Å². The average Bonchev–Trinajstić information content (AvgIpc) is 2.49. The first-order valence-corrected chi connectivity index (χ1v) is 7.62. The van der Waals surface area contributed by atoms with Gasteiger partial charge in [-0.1, -0.05) is 48.0 Å². The van der Waals surface area contributed by atoms with Gasteiger partial charge in [-0.2, -0.15) is 0 Å². The van der Waals surface area contributed by atoms with E-state index in [1.165, 1.54) is 35.1 Å². The molecule has 2 aromatic rings. The first-order chi connectivity index (χ1) is 9.74. The van der Waals surface area contributed by atoms with Crippen molar-refractivity contribution in [2.75, 3.05) is 13.1 Å². The molecule has 1 N–H and O–H groups in total. The summed E-state index contributed by atoms with van der Waals surface area (Å²) in [6.07, 6.45) is 2.54. The lowest BCUT2D eigenvalue weighted by Gasteiger charge is -2.24. The summed E-state index contributed by atoms with van der Waals surface area (Å²) < 4.78 is 0. The normalized spacial score (nSPS) is 16.3. The van der Waals surface area contributed by atoms with Crippen LogP contribution in [0.15, 0.2) is 42.5 Å². The van der Waals surface area contributed by atoms with E-state index in [1.807, 2.05) is 0 Å². The SMILES string of the molecule is Cc1ccc(-c2ccc(C3CCNCC3)c(C)c2)cc1. The molecule has 0 radical (unpaired) electrons. The van der Waals surface area contributed by atoms with Gasteiger partial charge >= 0.3 is 0 Å². The standard InChI is InChI=1S/C19H23N/c1-14-3-5-16(6-4-14)18-7-8-19(15(2)13-18)17-9-11-20-12-10-17/h3-8,13,17,20H,9-12H2,1-2H3. The van der Waals surface area contributed by atoms with Crippen molar-refractivity contribution in [3.63, 3.8) is 0 Å². The molecule has 1 heteroatoms. The van der Waals surface area contributed by atoms with Crippen LogP contribution in [0.4, 0.5) is 0 Å². The molecule has 104 valence electrons. The summed E-state index contributed by atoms with van der Waals surface area (Å²) in [7, 11) is 0. The highest BCUT2D eigenvalue weighted by molar-refractivity contribution is 5.65. The molecule has 1 heterocycles. The summed E-state index contributed by atoms with van der Waals surface area (Å²) in [6, 6.07) is 15.8. The quantitative estimate of drug-likeness (QED) is 0.846. The summed E-state index contributed by atoms with van der Waals surface area (Å²) >= 11 is 0. The molecule has 0 aliphatic carbocycles. The maximum absolute atomic E-state index is 3.45. The van der Waals surface area contributed by atoms with E-state index in [-0.39, 0.29) is 0 Å². The molecular formula is C19H23N. The van der Waals surface area contributed by atoms with E-state index in [0.717, 1.165) is 19.0 Å². The Morgan fingerprint density at radius 1 is 0.850 bits per heavy atom. The molecular weight excluding hydrogens is 242 g/mol. The highest BCUT2D eigenvalue weighted by Crippen LogP contribution is 2.31. The molecule has 0 spiro atoms. The van der Waals surface area contributed by atoms with E-state index < -0.39 is 0 Å². The summed E-state index contributed by atoms with van der Waals surface area (Å²) in [5, 5.41) is 3.45. The summed E-state index contributed by atoms with van der Waals surface area (Å²) in [4.78, 5) is 0. The number of hydrogen-bond acceptors (Lipinski definition) is 1. The molecule has 0 saturated carbocycles. The van der Waals surface area contributed by atoms with Crippen molar-refractivity contribution in [3.8, 4) is 11.1 Å². The summed E-state index contributed by atoms with van der Waals surface area (Å²) in [5.41, 5.74) is 6.95. The minimum Gasteiger partial charge on any atom is -0.317 e. The fraction of sp³-hybridized carbons (Fsp3) is 0.368. The lowest BCUT2D eigenvalue weighted by molar-refractivity contribution is 0.459. The van der Waals surface area contributed by atoms with E-state index in [4.69, 9.17) is 0 Å². The molecule has 2 aromatic carbocycles. The predicted octanol–water partition coefficient (Wildman–Crippen LogP) is 4.44. The topological polar surface area (TPSA) is 12.0 Å². The van der Waals surface area contributed by atoms with Crippen molar-refractivity contribution in [1.29, 1.82) is 0 Å². The van der Waals surface area contributed by atoms with Crippen LogP contribution in [-0.4, -0.2) is 13.1 Å². The minimum absolute atomic E-state index is 0.739. The maximum Gasteiger partial charge on any atom is -0.00431 e. The number of piperidine rings is 1. The Hall–Kier alpha value is -1.60. The molecule has 0 unspecified atom stereocenters. The fourth-order valence-electron chi connectivity index (χ4n) is 3.19. The van der Waals surface area contributed by atoms with Gasteiger partial charge in [-0.05, 0) is 68.0 Å². The van der Waals surface area contributed by atoms with Gasteiger partial charge in [0.25, 0.3) is 0 Å². The fourth-order valence-corrected chi connectivity index (χ4v) is 3.19. The van der Waals surface area contributed by atoms with Gasteiger partial charge in [0, 0.05) is 0 Å². The molecule has 0 atom stereocenters. The van der Waals surface area contributed by atoms with Crippen molar-refractivity contribution in [2.24, 2.45) is 0 Å². The Bertz CT molecular complexity index is 577. The Balaban J connectivity index is 1.88. The monoisotopic (exact) mass is 265 g/mol. The third-order valence-corrected chi connectivity index (χ3v) is 4.43. The third-order valence-electron chi connectivity index (χ3n) is 4.43. The maximum atomic E-state index is 3.45. The van der Waals surface area contributed by atoms with Crippen molar-refractivity contribution in [3.05, 3.63) is 59.2 Å². The Morgan fingerprint density at radius 2 is 1.50 bits per heavy atom. The van der Waals surface area contributed by atoms with E-state index >= 15 is 0 Å². The van der Waals surface area contributed by atoms with Crippen LogP contribution in [0.1, 0.15) is 35.4 Å². The summed E-state index contributed by atoms with van der Waals surface area (Å²) in [5.74, 6) is 0.739. The molecule has 0 bridgehead atoms. The van der Waals surface area contributed by atoms with Gasteiger partial charge in [0.05, 0.1) is 0 Å². The molecule has 1 saturated heterocycles. The molecule has 3 rings (SSSR count). The van der Waals surface area contributed by atoms with Crippen LogP contribution in [-0.2, 0) is 0 Å². The second-order valence-electron chi connectivity index (χ2n) is 5.96. The predicted molar refractivity (Wildman–Crippen MR) is 86.2 cm³/mol. The van der Waals surface area contributed by atoms with Crippen LogP contribution >= 0.6 is 0 Å². The van der Waals surface area contributed by atoms with Crippen molar-refractivity contribution >= 4 is 0 Å². The third kappa shape index (κ3) is 2.78. The molecule has 1 fully saturated rings. The second-order valence-corrected chi connectivity index (χ2v) is 5.96. The van der Waals surface area contributed by atoms with Gasteiger partial charge in [-0.3, -0.25) is 0 Å². The Morgan fingerprint density at radius 3 is 2.15 bits per heavy atom. The average molecular weight is 265 g/mol. The van der Waals surface area contributed by atoms with Gasteiger partial charge < -0.3 is 5.32 Å². The first-order valence-electron chi connectivity index (χ1n) is 7.62. The van der Waals surface area contributed by atoms with Gasteiger partial charge in [0.15, 0.2) is 0 Å². The molecule has 1 aliphatic rings. The van der Waals surface area contributed by atoms with E-state index in [9.17, 15) is 0 Å². The van der Waals surface area contributed by atoms with Crippen molar-refractivity contribution in [1.82, 2.24) is 5.32 Å². The zero-order chi connectivity index (χ0) is 13.9. The number of hydrogen-bond donors (Lipinski definition) is 1. The van der Waals surface area contributed by atoms with Gasteiger partial charge in [-0.25, -0.2) is 0 Å².